The number of hydrogen-bond acceptors (Lipinski definition) is 2. The highest BCUT2D eigenvalue weighted by Gasteiger charge is 2.66. The van der Waals surface area contributed by atoms with E-state index in [1.165, 1.54) is 0 Å². The van der Waals surface area contributed by atoms with Gasteiger partial charge in [-0.05, 0) is 37.5 Å². The Labute approximate surface area is 89.4 Å². The molecule has 0 aromatic rings. The molecule has 2 saturated carbocycles. The van der Waals surface area contributed by atoms with E-state index < -0.39 is 5.41 Å². The molecule has 2 bridgehead atoms. The molecule has 0 spiro atoms. The minimum atomic E-state index is -0.748. The third-order valence-electron chi connectivity index (χ3n) is 4.95. The maximum Gasteiger partial charge on any atom is 0.224 e. The van der Waals surface area contributed by atoms with Crippen molar-refractivity contribution in [3.63, 3.8) is 0 Å². The van der Waals surface area contributed by atoms with Crippen molar-refractivity contribution in [3.8, 4) is 0 Å². The van der Waals surface area contributed by atoms with Gasteiger partial charge in [-0.15, -0.1) is 0 Å². The van der Waals surface area contributed by atoms with Crippen LogP contribution in [0.25, 0.3) is 0 Å². The van der Waals surface area contributed by atoms with Crippen molar-refractivity contribution < 1.29 is 9.59 Å². The Morgan fingerprint density at radius 2 is 1.87 bits per heavy atom. The van der Waals surface area contributed by atoms with E-state index in [-0.39, 0.29) is 29.1 Å². The van der Waals surface area contributed by atoms with Crippen LogP contribution in [0.4, 0.5) is 0 Å². The molecule has 0 radical (unpaired) electrons. The fourth-order valence-corrected chi connectivity index (χ4v) is 3.86. The number of primary amides is 2. The molecule has 0 aliphatic heterocycles. The predicted octanol–water partition coefficient (Wildman–Crippen LogP) is 0.399. The van der Waals surface area contributed by atoms with Gasteiger partial charge in [-0.25, -0.2) is 0 Å². The van der Waals surface area contributed by atoms with Gasteiger partial charge in [-0.2, -0.15) is 0 Å². The molecule has 0 heterocycles. The van der Waals surface area contributed by atoms with Crippen molar-refractivity contribution in [1.29, 1.82) is 0 Å². The summed E-state index contributed by atoms with van der Waals surface area (Å²) in [6.45, 7) is 3.87. The summed E-state index contributed by atoms with van der Waals surface area (Å²) in [7, 11) is 0. The quantitative estimate of drug-likeness (QED) is 0.691. The second-order valence-corrected chi connectivity index (χ2v) is 5.51. The fraction of sp³-hybridized carbons (Fsp3) is 0.818. The van der Waals surface area contributed by atoms with Gasteiger partial charge in [-0.3, -0.25) is 9.59 Å². The van der Waals surface area contributed by atoms with Gasteiger partial charge in [0.1, 0.15) is 0 Å². The number of nitrogens with two attached hydrogens (primary N) is 2. The maximum absolute atomic E-state index is 11.6. The van der Waals surface area contributed by atoms with Crippen LogP contribution in [0.15, 0.2) is 0 Å². The normalized spacial score (nSPS) is 48.1. The van der Waals surface area contributed by atoms with Gasteiger partial charge in [0.25, 0.3) is 0 Å². The second-order valence-electron chi connectivity index (χ2n) is 5.51. The molecular weight excluding hydrogens is 192 g/mol. The van der Waals surface area contributed by atoms with E-state index >= 15 is 0 Å². The van der Waals surface area contributed by atoms with Crippen LogP contribution in [0, 0.1) is 22.7 Å². The lowest BCUT2D eigenvalue weighted by atomic mass is 9.59. The highest BCUT2D eigenvalue weighted by molar-refractivity contribution is 5.91. The molecule has 15 heavy (non-hydrogen) atoms. The molecule has 0 saturated heterocycles. The SMILES string of the molecule is CC12CCC(C1)C(C(N)=O)C2(C)C(N)=O. The molecule has 2 aliphatic rings. The van der Waals surface area contributed by atoms with Crippen LogP contribution in [0.1, 0.15) is 33.1 Å². The molecular formula is C11H18N2O2. The lowest BCUT2D eigenvalue weighted by Crippen LogP contribution is -2.53. The minimum Gasteiger partial charge on any atom is -0.369 e. The average Bonchev–Trinajstić information content (AvgIpc) is 2.56. The van der Waals surface area contributed by atoms with E-state index in [1.807, 2.05) is 6.92 Å². The van der Waals surface area contributed by atoms with Gasteiger partial charge < -0.3 is 11.5 Å². The highest BCUT2D eigenvalue weighted by atomic mass is 16.2. The van der Waals surface area contributed by atoms with Crippen molar-refractivity contribution in [2.24, 2.45) is 34.1 Å². The molecule has 2 fully saturated rings. The van der Waals surface area contributed by atoms with Gasteiger partial charge in [0.05, 0.1) is 11.3 Å². The third-order valence-corrected chi connectivity index (χ3v) is 4.95. The van der Waals surface area contributed by atoms with Gasteiger partial charge in [0, 0.05) is 0 Å². The summed E-state index contributed by atoms with van der Waals surface area (Å²) < 4.78 is 0. The second kappa shape index (κ2) is 2.74. The Balaban J connectivity index is 2.49. The number of fused-ring (bicyclic) bond motifs is 2. The van der Waals surface area contributed by atoms with Crippen LogP contribution < -0.4 is 11.5 Å². The zero-order valence-electron chi connectivity index (χ0n) is 9.25. The van der Waals surface area contributed by atoms with E-state index in [0.29, 0.717) is 0 Å². The highest BCUT2D eigenvalue weighted by Crippen LogP contribution is 2.66. The molecule has 84 valence electrons. The molecule has 0 aromatic heterocycles. The van der Waals surface area contributed by atoms with Crippen molar-refractivity contribution in [1.82, 2.24) is 0 Å². The summed E-state index contributed by atoms with van der Waals surface area (Å²) >= 11 is 0. The van der Waals surface area contributed by atoms with Crippen molar-refractivity contribution in [3.05, 3.63) is 0 Å². The first kappa shape index (κ1) is 10.5. The Kier molecular flexibility index (Phi) is 1.91. The first-order valence-electron chi connectivity index (χ1n) is 5.42. The number of carbonyl (C=O) groups excluding carboxylic acids is 2. The third kappa shape index (κ3) is 1.02. The van der Waals surface area contributed by atoms with Crippen molar-refractivity contribution in [2.75, 3.05) is 0 Å². The molecule has 4 atom stereocenters. The molecule has 4 unspecified atom stereocenters. The molecule has 2 amide bonds. The van der Waals surface area contributed by atoms with E-state index in [2.05, 4.69) is 6.92 Å². The molecule has 2 aliphatic carbocycles. The molecule has 4 heteroatoms. The van der Waals surface area contributed by atoms with Crippen LogP contribution in [0.2, 0.25) is 0 Å². The van der Waals surface area contributed by atoms with Gasteiger partial charge in [-0.1, -0.05) is 6.92 Å². The predicted molar refractivity (Wildman–Crippen MR) is 55.4 cm³/mol. The minimum absolute atomic E-state index is 0.136. The monoisotopic (exact) mass is 210 g/mol. The lowest BCUT2D eigenvalue weighted by Gasteiger charge is -2.43. The number of carbonyl (C=O) groups is 2. The molecule has 0 aromatic carbocycles. The van der Waals surface area contributed by atoms with Gasteiger partial charge >= 0.3 is 0 Å². The summed E-state index contributed by atoms with van der Waals surface area (Å²) in [5.74, 6) is -0.862. The topological polar surface area (TPSA) is 86.2 Å². The molecule has 4 nitrogen and oxygen atoms in total. The van der Waals surface area contributed by atoms with E-state index in [4.69, 9.17) is 11.5 Å². The summed E-state index contributed by atoms with van der Waals surface area (Å²) in [5, 5.41) is 0. The summed E-state index contributed by atoms with van der Waals surface area (Å²) in [6, 6.07) is 0. The number of amides is 2. The van der Waals surface area contributed by atoms with Crippen LogP contribution in [-0.4, -0.2) is 11.8 Å². The Hall–Kier alpha value is -1.06. The van der Waals surface area contributed by atoms with Gasteiger partial charge in [0.2, 0.25) is 11.8 Å². The largest absolute Gasteiger partial charge is 0.369 e. The molecule has 2 rings (SSSR count). The zero-order chi connectivity index (χ0) is 11.4. The zero-order valence-corrected chi connectivity index (χ0v) is 9.25. The first-order chi connectivity index (χ1) is 6.83. The molecule has 4 N–H and O–H groups in total. The average molecular weight is 210 g/mol. The van der Waals surface area contributed by atoms with Crippen LogP contribution in [-0.2, 0) is 9.59 Å². The Morgan fingerprint density at radius 3 is 2.27 bits per heavy atom. The van der Waals surface area contributed by atoms with Crippen LogP contribution in [0.5, 0.6) is 0 Å². The van der Waals surface area contributed by atoms with E-state index in [1.54, 1.807) is 0 Å². The van der Waals surface area contributed by atoms with Crippen LogP contribution >= 0.6 is 0 Å². The Bertz CT molecular complexity index is 341. The number of hydrogen-bond donors (Lipinski definition) is 2. The summed E-state index contributed by atoms with van der Waals surface area (Å²) in [4.78, 5) is 23.1. The summed E-state index contributed by atoms with van der Waals surface area (Å²) in [6.07, 6.45) is 2.87. The Morgan fingerprint density at radius 1 is 1.27 bits per heavy atom. The van der Waals surface area contributed by atoms with E-state index in [9.17, 15) is 9.59 Å². The van der Waals surface area contributed by atoms with Gasteiger partial charge in [0.15, 0.2) is 0 Å². The summed E-state index contributed by atoms with van der Waals surface area (Å²) in [5.41, 5.74) is 10.0. The first-order valence-corrected chi connectivity index (χ1v) is 5.42. The van der Waals surface area contributed by atoms with Crippen molar-refractivity contribution in [2.45, 2.75) is 33.1 Å². The van der Waals surface area contributed by atoms with Crippen molar-refractivity contribution >= 4 is 11.8 Å². The lowest BCUT2D eigenvalue weighted by molar-refractivity contribution is -0.145. The standard InChI is InChI=1S/C11H18N2O2/c1-10-4-3-6(5-10)7(8(12)14)11(10,2)9(13)15/h6-7H,3-5H2,1-2H3,(H2,12,14)(H2,13,15). The smallest absolute Gasteiger partial charge is 0.224 e. The maximum atomic E-state index is 11.6. The number of rotatable bonds is 2. The fourth-order valence-electron chi connectivity index (χ4n) is 3.86. The van der Waals surface area contributed by atoms with E-state index in [0.717, 1.165) is 19.3 Å². The van der Waals surface area contributed by atoms with Crippen LogP contribution in [0.3, 0.4) is 0 Å².